The van der Waals surface area contributed by atoms with E-state index in [9.17, 15) is 4.79 Å². The molecular formula is C18H22O3. The Kier molecular flexibility index (Phi) is 5.20. The topological polar surface area (TPSA) is 35.5 Å². The zero-order valence-corrected chi connectivity index (χ0v) is 12.9. The average Bonchev–Trinajstić information content (AvgIpc) is 2.49. The van der Waals surface area contributed by atoms with Gasteiger partial charge in [0.15, 0.2) is 5.78 Å². The maximum Gasteiger partial charge on any atom is 0.163 e. The molecule has 0 heterocycles. The number of hydrogen-bond acceptors (Lipinski definition) is 3. The average molecular weight is 286 g/mol. The smallest absolute Gasteiger partial charge is 0.163 e. The molecule has 3 nitrogen and oxygen atoms in total. The van der Waals surface area contributed by atoms with Gasteiger partial charge in [0, 0.05) is 5.39 Å². The predicted molar refractivity (Wildman–Crippen MR) is 85.5 cm³/mol. The van der Waals surface area contributed by atoms with Gasteiger partial charge in [-0.3, -0.25) is 4.79 Å². The number of rotatable bonds is 7. The lowest BCUT2D eigenvalue weighted by atomic mass is 10.0. The van der Waals surface area contributed by atoms with Gasteiger partial charge in [-0.1, -0.05) is 26.0 Å². The molecule has 112 valence electrons. The van der Waals surface area contributed by atoms with E-state index in [0.717, 1.165) is 29.4 Å². The van der Waals surface area contributed by atoms with E-state index in [2.05, 4.69) is 6.92 Å². The van der Waals surface area contributed by atoms with Crippen molar-refractivity contribution in [1.29, 1.82) is 0 Å². The molecule has 0 atom stereocenters. The van der Waals surface area contributed by atoms with Crippen molar-refractivity contribution in [2.24, 2.45) is 0 Å². The number of ketones is 1. The first kappa shape index (κ1) is 15.4. The zero-order valence-electron chi connectivity index (χ0n) is 12.9. The molecule has 0 unspecified atom stereocenters. The highest BCUT2D eigenvalue weighted by Crippen LogP contribution is 2.32. The summed E-state index contributed by atoms with van der Waals surface area (Å²) in [6.45, 7) is 6.96. The number of carbonyl (C=O) groups is 1. The second-order valence-electron chi connectivity index (χ2n) is 5.08. The van der Waals surface area contributed by atoms with Crippen LogP contribution < -0.4 is 9.47 Å². The van der Waals surface area contributed by atoms with Crippen LogP contribution >= 0.6 is 0 Å². The molecule has 2 aromatic carbocycles. The lowest BCUT2D eigenvalue weighted by molar-refractivity contribution is 0.101. The molecule has 0 spiro atoms. The Hall–Kier alpha value is -2.03. The fourth-order valence-corrected chi connectivity index (χ4v) is 2.22. The van der Waals surface area contributed by atoms with Gasteiger partial charge in [0.05, 0.1) is 18.8 Å². The van der Waals surface area contributed by atoms with E-state index in [0.29, 0.717) is 24.5 Å². The van der Waals surface area contributed by atoms with Gasteiger partial charge < -0.3 is 9.47 Å². The van der Waals surface area contributed by atoms with Gasteiger partial charge >= 0.3 is 0 Å². The Morgan fingerprint density at radius 3 is 2.29 bits per heavy atom. The summed E-state index contributed by atoms with van der Waals surface area (Å²) >= 11 is 0. The summed E-state index contributed by atoms with van der Waals surface area (Å²) in [5.41, 5.74) is 0.614. The molecule has 0 amide bonds. The van der Waals surface area contributed by atoms with Crippen molar-refractivity contribution >= 4 is 16.6 Å². The zero-order chi connectivity index (χ0) is 15.2. The molecule has 3 heteroatoms. The summed E-state index contributed by atoms with van der Waals surface area (Å²) in [5, 5.41) is 1.99. The molecule has 0 aliphatic carbocycles. The molecule has 0 radical (unpaired) electrons. The van der Waals surface area contributed by atoms with E-state index >= 15 is 0 Å². The summed E-state index contributed by atoms with van der Waals surface area (Å²) in [5.74, 6) is 1.48. The van der Waals surface area contributed by atoms with Crippen LogP contribution in [0.2, 0.25) is 0 Å². The molecule has 0 saturated carbocycles. The third-order valence-electron chi connectivity index (χ3n) is 3.24. The Morgan fingerprint density at radius 1 is 1.00 bits per heavy atom. The van der Waals surface area contributed by atoms with Crippen LogP contribution in [0.1, 0.15) is 44.0 Å². The maximum atomic E-state index is 11.9. The standard InChI is InChI=1S/C18H22O3/c1-4-9-20-17-8-6-7-14-11-18(21-10-5-2)15(13(3)19)12-16(14)17/h6-8,11-12H,4-5,9-10H2,1-3H3. The summed E-state index contributed by atoms with van der Waals surface area (Å²) in [7, 11) is 0. The van der Waals surface area contributed by atoms with Crippen LogP contribution in [0, 0.1) is 0 Å². The van der Waals surface area contributed by atoms with Crippen molar-refractivity contribution in [3.8, 4) is 11.5 Å². The van der Waals surface area contributed by atoms with Gasteiger partial charge in [0.2, 0.25) is 0 Å². The highest BCUT2D eigenvalue weighted by Gasteiger charge is 2.13. The van der Waals surface area contributed by atoms with Gasteiger partial charge in [-0.25, -0.2) is 0 Å². The SMILES string of the molecule is CCCOc1cc2cccc(OCCC)c2cc1C(C)=O. The van der Waals surface area contributed by atoms with E-state index in [1.807, 2.05) is 37.3 Å². The van der Waals surface area contributed by atoms with Crippen molar-refractivity contribution in [3.63, 3.8) is 0 Å². The Labute approximate surface area is 125 Å². The summed E-state index contributed by atoms with van der Waals surface area (Å²) in [6, 6.07) is 9.73. The van der Waals surface area contributed by atoms with Gasteiger partial charge in [0.1, 0.15) is 11.5 Å². The minimum Gasteiger partial charge on any atom is -0.493 e. The van der Waals surface area contributed by atoms with E-state index in [1.165, 1.54) is 0 Å². The molecular weight excluding hydrogens is 264 g/mol. The quantitative estimate of drug-likeness (QED) is 0.697. The Morgan fingerprint density at radius 2 is 1.67 bits per heavy atom. The van der Waals surface area contributed by atoms with Crippen molar-refractivity contribution in [2.45, 2.75) is 33.6 Å². The van der Waals surface area contributed by atoms with Gasteiger partial charge in [-0.2, -0.15) is 0 Å². The lowest BCUT2D eigenvalue weighted by Gasteiger charge is -2.13. The molecule has 2 aromatic rings. The number of hydrogen-bond donors (Lipinski definition) is 0. The van der Waals surface area contributed by atoms with Crippen LogP contribution in [0.25, 0.3) is 10.8 Å². The first-order valence-corrected chi connectivity index (χ1v) is 7.50. The number of carbonyl (C=O) groups excluding carboxylic acids is 1. The Balaban J connectivity index is 2.52. The largest absolute Gasteiger partial charge is 0.493 e. The second-order valence-corrected chi connectivity index (χ2v) is 5.08. The molecule has 0 aromatic heterocycles. The number of benzene rings is 2. The van der Waals surface area contributed by atoms with E-state index in [1.54, 1.807) is 6.92 Å². The monoisotopic (exact) mass is 286 g/mol. The van der Waals surface area contributed by atoms with Crippen LogP contribution in [-0.4, -0.2) is 19.0 Å². The predicted octanol–water partition coefficient (Wildman–Crippen LogP) is 4.62. The number of Topliss-reactive ketones (excluding diaryl/α,β-unsaturated/α-hetero) is 1. The van der Waals surface area contributed by atoms with Crippen LogP contribution in [0.3, 0.4) is 0 Å². The van der Waals surface area contributed by atoms with Crippen LogP contribution in [0.15, 0.2) is 30.3 Å². The number of ether oxygens (including phenoxy) is 2. The summed E-state index contributed by atoms with van der Waals surface area (Å²) in [6.07, 6.45) is 1.86. The van der Waals surface area contributed by atoms with Crippen LogP contribution in [0.5, 0.6) is 11.5 Å². The fraction of sp³-hybridized carbons (Fsp3) is 0.389. The Bertz CT molecular complexity index is 632. The molecule has 0 saturated heterocycles. The second kappa shape index (κ2) is 7.11. The maximum absolute atomic E-state index is 11.9. The van der Waals surface area contributed by atoms with Gasteiger partial charge in [-0.15, -0.1) is 0 Å². The molecule has 0 bridgehead atoms. The van der Waals surface area contributed by atoms with E-state index in [4.69, 9.17) is 9.47 Å². The third kappa shape index (κ3) is 3.54. The van der Waals surface area contributed by atoms with E-state index < -0.39 is 0 Å². The molecule has 0 N–H and O–H groups in total. The summed E-state index contributed by atoms with van der Waals surface area (Å²) < 4.78 is 11.5. The molecule has 0 fully saturated rings. The van der Waals surface area contributed by atoms with Gasteiger partial charge in [0.25, 0.3) is 0 Å². The molecule has 21 heavy (non-hydrogen) atoms. The van der Waals surface area contributed by atoms with Gasteiger partial charge in [-0.05, 0) is 43.4 Å². The highest BCUT2D eigenvalue weighted by atomic mass is 16.5. The molecule has 0 aliphatic heterocycles. The summed E-state index contributed by atoms with van der Waals surface area (Å²) in [4.78, 5) is 11.9. The van der Waals surface area contributed by atoms with Crippen molar-refractivity contribution < 1.29 is 14.3 Å². The molecule has 2 rings (SSSR count). The minimum absolute atomic E-state index is 0.00768. The number of fused-ring (bicyclic) bond motifs is 1. The first-order valence-electron chi connectivity index (χ1n) is 7.50. The van der Waals surface area contributed by atoms with Crippen molar-refractivity contribution in [3.05, 3.63) is 35.9 Å². The third-order valence-corrected chi connectivity index (χ3v) is 3.24. The molecule has 0 aliphatic rings. The normalized spacial score (nSPS) is 10.6. The minimum atomic E-state index is 0.00768. The van der Waals surface area contributed by atoms with Crippen LogP contribution in [-0.2, 0) is 0 Å². The van der Waals surface area contributed by atoms with Crippen molar-refractivity contribution in [2.75, 3.05) is 13.2 Å². The fourth-order valence-electron chi connectivity index (χ4n) is 2.22. The van der Waals surface area contributed by atoms with E-state index in [-0.39, 0.29) is 5.78 Å². The van der Waals surface area contributed by atoms with Crippen LogP contribution in [0.4, 0.5) is 0 Å². The van der Waals surface area contributed by atoms with Crippen molar-refractivity contribution in [1.82, 2.24) is 0 Å². The highest BCUT2D eigenvalue weighted by molar-refractivity contribution is 6.02. The lowest BCUT2D eigenvalue weighted by Crippen LogP contribution is -2.03. The first-order chi connectivity index (χ1) is 10.2.